The number of pyridine rings is 1. The molecule has 4 heterocycles. The molecule has 5 heteroatoms. The molecule has 4 rings (SSSR count). The first-order valence-electron chi connectivity index (χ1n) is 8.78. The topological polar surface area (TPSA) is 45.7 Å². The summed E-state index contributed by atoms with van der Waals surface area (Å²) in [5.41, 5.74) is 1.14. The Morgan fingerprint density at radius 3 is 2.52 bits per heavy atom. The molecule has 1 amide bonds. The number of amides is 1. The Morgan fingerprint density at radius 2 is 1.87 bits per heavy atom. The third-order valence-electron chi connectivity index (χ3n) is 5.56. The van der Waals surface area contributed by atoms with Crippen LogP contribution in [0.4, 0.5) is 0 Å². The number of hydrogen-bond acceptors (Lipinski definition) is 4. The zero-order chi connectivity index (χ0) is 15.6. The summed E-state index contributed by atoms with van der Waals surface area (Å²) in [5, 5.41) is 0. The van der Waals surface area contributed by atoms with Crippen LogP contribution in [0.3, 0.4) is 0 Å². The molecule has 0 bridgehead atoms. The normalized spacial score (nSPS) is 29.0. The van der Waals surface area contributed by atoms with Gasteiger partial charge in [0.25, 0.3) is 0 Å². The van der Waals surface area contributed by atoms with E-state index in [4.69, 9.17) is 4.74 Å². The van der Waals surface area contributed by atoms with E-state index < -0.39 is 0 Å². The van der Waals surface area contributed by atoms with Crippen molar-refractivity contribution >= 4 is 5.91 Å². The van der Waals surface area contributed by atoms with Crippen molar-refractivity contribution in [3.8, 4) is 0 Å². The summed E-state index contributed by atoms with van der Waals surface area (Å²) < 4.78 is 5.37. The third-order valence-corrected chi connectivity index (χ3v) is 5.56. The first kappa shape index (κ1) is 15.1. The molecular weight excluding hydrogens is 290 g/mol. The number of rotatable bonds is 3. The quantitative estimate of drug-likeness (QED) is 0.846. The van der Waals surface area contributed by atoms with Crippen molar-refractivity contribution in [2.45, 2.75) is 19.4 Å². The van der Waals surface area contributed by atoms with Gasteiger partial charge in [-0.05, 0) is 36.8 Å². The van der Waals surface area contributed by atoms with Crippen LogP contribution in [0.25, 0.3) is 0 Å². The summed E-state index contributed by atoms with van der Waals surface area (Å²) in [6.07, 6.45) is 3.66. The van der Waals surface area contributed by atoms with Crippen LogP contribution in [-0.4, -0.2) is 60.1 Å². The minimum absolute atomic E-state index is 0.201. The van der Waals surface area contributed by atoms with Crippen molar-refractivity contribution in [1.29, 1.82) is 0 Å². The SMILES string of the molecule is O=C(C1CCOCC1)N1C[C@H]2CN(Cc3ccccn3)C[C@H]2C1. The van der Waals surface area contributed by atoms with Gasteiger partial charge in [0, 0.05) is 58.1 Å². The second kappa shape index (κ2) is 6.57. The van der Waals surface area contributed by atoms with Crippen molar-refractivity contribution in [3.63, 3.8) is 0 Å². The average molecular weight is 315 g/mol. The van der Waals surface area contributed by atoms with Crippen LogP contribution < -0.4 is 0 Å². The fraction of sp³-hybridized carbons (Fsp3) is 0.667. The van der Waals surface area contributed by atoms with Crippen molar-refractivity contribution in [2.75, 3.05) is 39.4 Å². The van der Waals surface area contributed by atoms with Gasteiger partial charge in [-0.2, -0.15) is 0 Å². The van der Waals surface area contributed by atoms with E-state index in [1.165, 1.54) is 0 Å². The van der Waals surface area contributed by atoms with E-state index in [-0.39, 0.29) is 5.92 Å². The van der Waals surface area contributed by atoms with E-state index in [0.717, 1.165) is 64.5 Å². The molecule has 0 radical (unpaired) electrons. The van der Waals surface area contributed by atoms with Gasteiger partial charge in [-0.3, -0.25) is 14.7 Å². The second-order valence-electron chi connectivity index (χ2n) is 7.17. The Balaban J connectivity index is 1.30. The maximum atomic E-state index is 12.7. The molecule has 3 saturated heterocycles. The molecular formula is C18H25N3O2. The molecule has 3 aliphatic rings. The minimum atomic E-state index is 0.201. The molecule has 0 aromatic carbocycles. The van der Waals surface area contributed by atoms with E-state index in [2.05, 4.69) is 20.9 Å². The second-order valence-corrected chi connectivity index (χ2v) is 7.17. The standard InChI is InChI=1S/C18H25N3O2/c22-18(14-4-7-23-8-5-14)21-11-15-9-20(10-16(15)12-21)13-17-3-1-2-6-19-17/h1-3,6,14-16H,4-5,7-13H2/t15-,16+. The highest BCUT2D eigenvalue weighted by Crippen LogP contribution is 2.33. The van der Waals surface area contributed by atoms with Crippen LogP contribution in [0.5, 0.6) is 0 Å². The molecule has 0 N–H and O–H groups in total. The maximum Gasteiger partial charge on any atom is 0.225 e. The smallest absolute Gasteiger partial charge is 0.225 e. The van der Waals surface area contributed by atoms with Crippen molar-refractivity contribution < 1.29 is 9.53 Å². The fourth-order valence-electron chi connectivity index (χ4n) is 4.32. The molecule has 0 saturated carbocycles. The zero-order valence-corrected chi connectivity index (χ0v) is 13.6. The molecule has 0 spiro atoms. The maximum absolute atomic E-state index is 12.7. The number of aromatic nitrogens is 1. The Kier molecular flexibility index (Phi) is 4.31. The summed E-state index contributed by atoms with van der Waals surface area (Å²) in [6, 6.07) is 6.10. The molecule has 2 atom stereocenters. The van der Waals surface area contributed by atoms with Crippen LogP contribution in [-0.2, 0) is 16.1 Å². The predicted molar refractivity (Wildman–Crippen MR) is 86.6 cm³/mol. The lowest BCUT2D eigenvalue weighted by Gasteiger charge is -2.27. The number of likely N-dealkylation sites (tertiary alicyclic amines) is 2. The summed E-state index contributed by atoms with van der Waals surface area (Å²) in [6.45, 7) is 6.50. The largest absolute Gasteiger partial charge is 0.381 e. The molecule has 3 aliphatic heterocycles. The number of ether oxygens (including phenoxy) is 1. The summed E-state index contributed by atoms with van der Waals surface area (Å²) in [4.78, 5) is 21.7. The number of carbonyl (C=O) groups excluding carboxylic acids is 1. The van der Waals surface area contributed by atoms with Crippen molar-refractivity contribution in [1.82, 2.24) is 14.8 Å². The Bertz CT molecular complexity index is 530. The molecule has 124 valence electrons. The lowest BCUT2D eigenvalue weighted by molar-refractivity contribution is -0.137. The van der Waals surface area contributed by atoms with Crippen LogP contribution in [0, 0.1) is 17.8 Å². The van der Waals surface area contributed by atoms with Gasteiger partial charge >= 0.3 is 0 Å². The van der Waals surface area contributed by atoms with Crippen molar-refractivity contribution in [3.05, 3.63) is 30.1 Å². The monoisotopic (exact) mass is 315 g/mol. The summed E-state index contributed by atoms with van der Waals surface area (Å²) >= 11 is 0. The molecule has 1 aromatic heterocycles. The average Bonchev–Trinajstić information content (AvgIpc) is 3.14. The van der Waals surface area contributed by atoms with E-state index >= 15 is 0 Å². The number of hydrogen-bond donors (Lipinski definition) is 0. The van der Waals surface area contributed by atoms with Gasteiger partial charge in [0.2, 0.25) is 5.91 Å². The van der Waals surface area contributed by atoms with Crippen LogP contribution in [0.1, 0.15) is 18.5 Å². The summed E-state index contributed by atoms with van der Waals surface area (Å²) in [7, 11) is 0. The molecule has 5 nitrogen and oxygen atoms in total. The minimum Gasteiger partial charge on any atom is -0.381 e. The van der Waals surface area contributed by atoms with E-state index in [9.17, 15) is 4.79 Å². The first-order valence-corrected chi connectivity index (χ1v) is 8.78. The van der Waals surface area contributed by atoms with E-state index in [1.807, 2.05) is 18.3 Å². The highest BCUT2D eigenvalue weighted by molar-refractivity contribution is 5.79. The highest BCUT2D eigenvalue weighted by atomic mass is 16.5. The number of fused-ring (bicyclic) bond motifs is 1. The third kappa shape index (κ3) is 3.26. The zero-order valence-electron chi connectivity index (χ0n) is 13.6. The number of carbonyl (C=O) groups is 1. The van der Waals surface area contributed by atoms with E-state index in [1.54, 1.807) is 0 Å². The van der Waals surface area contributed by atoms with Gasteiger partial charge in [-0.25, -0.2) is 0 Å². The van der Waals surface area contributed by atoms with Crippen LogP contribution >= 0.6 is 0 Å². The fourth-order valence-corrected chi connectivity index (χ4v) is 4.32. The lowest BCUT2D eigenvalue weighted by Crippen LogP contribution is -2.39. The highest BCUT2D eigenvalue weighted by Gasteiger charge is 2.42. The van der Waals surface area contributed by atoms with Gasteiger partial charge in [-0.15, -0.1) is 0 Å². The Hall–Kier alpha value is -1.46. The van der Waals surface area contributed by atoms with Gasteiger partial charge in [0.1, 0.15) is 0 Å². The molecule has 3 fully saturated rings. The van der Waals surface area contributed by atoms with E-state index in [0.29, 0.717) is 17.7 Å². The Labute approximate surface area is 137 Å². The van der Waals surface area contributed by atoms with Gasteiger partial charge in [0.05, 0.1) is 5.69 Å². The molecule has 0 aliphatic carbocycles. The van der Waals surface area contributed by atoms with Gasteiger partial charge in [0.15, 0.2) is 0 Å². The molecule has 0 unspecified atom stereocenters. The van der Waals surface area contributed by atoms with Crippen molar-refractivity contribution in [2.24, 2.45) is 17.8 Å². The number of nitrogens with zero attached hydrogens (tertiary/aromatic N) is 3. The predicted octanol–water partition coefficient (Wildman–Crippen LogP) is 1.40. The molecule has 1 aromatic rings. The lowest BCUT2D eigenvalue weighted by atomic mass is 9.99. The van der Waals surface area contributed by atoms with Gasteiger partial charge < -0.3 is 9.64 Å². The van der Waals surface area contributed by atoms with Gasteiger partial charge in [-0.1, -0.05) is 6.07 Å². The summed E-state index contributed by atoms with van der Waals surface area (Å²) in [5.74, 6) is 1.86. The first-order chi connectivity index (χ1) is 11.3. The van der Waals surface area contributed by atoms with Crippen LogP contribution in [0.15, 0.2) is 24.4 Å². The molecule has 23 heavy (non-hydrogen) atoms. The Morgan fingerprint density at radius 1 is 1.13 bits per heavy atom. The van der Waals surface area contributed by atoms with Crippen LogP contribution in [0.2, 0.25) is 0 Å².